The van der Waals surface area contributed by atoms with Crippen LogP contribution in [0.1, 0.15) is 71.9 Å². The van der Waals surface area contributed by atoms with E-state index < -0.39 is 0 Å². The maximum atomic E-state index is 12.3. The summed E-state index contributed by atoms with van der Waals surface area (Å²) in [5.74, 6) is 1.68. The number of H-pyrrole nitrogens is 2. The standard InChI is InChI=1S/C36H43N7O2/c1-35(2,3)27-20-26(21-28(36(4,5)6)33(27)45-18-7-9-32(44)39-15-8-16-40-43-37)34-41-30-13-11-24(22-31(30)42-34)23-10-12-29-25(19-23)14-17-38-29/h10-14,17,19-22,38H,7-9,15-16,18H2,1-6H3,(H,39,44)(H,41,42). The first kappa shape index (κ1) is 31.7. The summed E-state index contributed by atoms with van der Waals surface area (Å²) in [5, 5.41) is 7.56. The highest BCUT2D eigenvalue weighted by Crippen LogP contribution is 2.43. The van der Waals surface area contributed by atoms with E-state index >= 15 is 0 Å². The molecule has 5 aromatic rings. The maximum Gasteiger partial charge on any atom is 0.220 e. The zero-order valence-corrected chi connectivity index (χ0v) is 27.1. The van der Waals surface area contributed by atoms with Crippen molar-refractivity contribution >= 4 is 27.8 Å². The van der Waals surface area contributed by atoms with Crippen LogP contribution >= 0.6 is 0 Å². The summed E-state index contributed by atoms with van der Waals surface area (Å²) in [7, 11) is 0. The third kappa shape index (κ3) is 7.49. The predicted octanol–water partition coefficient (Wildman–Crippen LogP) is 8.95. The zero-order chi connectivity index (χ0) is 32.2. The molecule has 0 aliphatic carbocycles. The highest BCUT2D eigenvalue weighted by molar-refractivity contribution is 5.89. The highest BCUT2D eigenvalue weighted by atomic mass is 16.5. The molecule has 0 spiro atoms. The van der Waals surface area contributed by atoms with E-state index in [0.717, 1.165) is 55.9 Å². The van der Waals surface area contributed by atoms with Crippen LogP contribution in [-0.2, 0) is 15.6 Å². The van der Waals surface area contributed by atoms with Crippen LogP contribution in [0.15, 0.2) is 65.9 Å². The summed E-state index contributed by atoms with van der Waals surface area (Å²) in [6.07, 6.45) is 3.56. The van der Waals surface area contributed by atoms with Gasteiger partial charge in [-0.1, -0.05) is 58.8 Å². The van der Waals surface area contributed by atoms with Crippen LogP contribution in [0.2, 0.25) is 0 Å². The number of carbonyl (C=O) groups excluding carboxylic acids is 1. The van der Waals surface area contributed by atoms with E-state index in [4.69, 9.17) is 15.3 Å². The largest absolute Gasteiger partial charge is 0.493 e. The number of nitrogens with one attached hydrogen (secondary N) is 3. The average molecular weight is 606 g/mol. The van der Waals surface area contributed by atoms with Crippen LogP contribution in [0.5, 0.6) is 5.75 Å². The number of fused-ring (bicyclic) bond motifs is 2. The van der Waals surface area contributed by atoms with E-state index in [0.29, 0.717) is 39.0 Å². The summed E-state index contributed by atoms with van der Waals surface area (Å²) >= 11 is 0. The SMILES string of the molecule is CC(C)(C)c1cc(-c2nc3ccc(-c4ccc5[nH]ccc5c4)cc3[nH]2)cc(C(C)(C)C)c1OCCCC(=O)NCCCN=[N+]=[N-]. The normalized spacial score (nSPS) is 12.0. The summed E-state index contributed by atoms with van der Waals surface area (Å²) in [5.41, 5.74) is 16.6. The van der Waals surface area contributed by atoms with Gasteiger partial charge in [0, 0.05) is 52.8 Å². The summed E-state index contributed by atoms with van der Waals surface area (Å²) in [6, 6.07) is 19.3. The Morgan fingerprint density at radius 1 is 0.911 bits per heavy atom. The van der Waals surface area contributed by atoms with Gasteiger partial charge in [0.05, 0.1) is 17.6 Å². The minimum absolute atomic E-state index is 0.0277. The van der Waals surface area contributed by atoms with Crippen molar-refractivity contribution in [1.82, 2.24) is 20.3 Å². The fourth-order valence-corrected chi connectivity index (χ4v) is 5.51. The number of benzene rings is 3. The van der Waals surface area contributed by atoms with Crippen molar-refractivity contribution in [3.05, 3.63) is 82.4 Å². The molecule has 9 nitrogen and oxygen atoms in total. The summed E-state index contributed by atoms with van der Waals surface area (Å²) < 4.78 is 6.50. The van der Waals surface area contributed by atoms with Gasteiger partial charge in [0.1, 0.15) is 11.6 Å². The second-order valence-electron chi connectivity index (χ2n) is 13.6. The van der Waals surface area contributed by atoms with E-state index in [2.05, 4.69) is 121 Å². The Morgan fingerprint density at radius 3 is 2.33 bits per heavy atom. The molecule has 3 N–H and O–H groups in total. The van der Waals surface area contributed by atoms with Crippen molar-refractivity contribution in [2.45, 2.75) is 71.6 Å². The third-order valence-corrected chi connectivity index (χ3v) is 7.96. The lowest BCUT2D eigenvalue weighted by atomic mass is 9.78. The molecule has 0 saturated heterocycles. The second-order valence-corrected chi connectivity index (χ2v) is 13.6. The molecule has 2 aromatic heterocycles. The van der Waals surface area contributed by atoms with Gasteiger partial charge in [0.15, 0.2) is 0 Å². The molecule has 234 valence electrons. The number of rotatable bonds is 11. The quantitative estimate of drug-likeness (QED) is 0.0601. The number of amides is 1. The lowest BCUT2D eigenvalue weighted by Gasteiger charge is -2.30. The number of ether oxygens (including phenoxy) is 1. The number of carbonyl (C=O) groups is 1. The van der Waals surface area contributed by atoms with Crippen LogP contribution in [0.25, 0.3) is 54.9 Å². The number of aromatic nitrogens is 3. The number of hydrogen-bond acceptors (Lipinski definition) is 4. The molecule has 0 fully saturated rings. The number of aromatic amines is 2. The molecule has 0 saturated carbocycles. The minimum atomic E-state index is -0.190. The topological polar surface area (TPSA) is 132 Å². The van der Waals surface area contributed by atoms with Crippen LogP contribution < -0.4 is 10.1 Å². The molecular weight excluding hydrogens is 562 g/mol. The number of hydrogen-bond donors (Lipinski definition) is 3. The van der Waals surface area contributed by atoms with Crippen LogP contribution in [0.4, 0.5) is 0 Å². The molecule has 5 rings (SSSR count). The van der Waals surface area contributed by atoms with Crippen molar-refractivity contribution in [3.8, 4) is 28.3 Å². The molecule has 0 atom stereocenters. The first-order valence-electron chi connectivity index (χ1n) is 15.6. The Balaban J connectivity index is 1.40. The van der Waals surface area contributed by atoms with Crippen molar-refractivity contribution in [2.75, 3.05) is 19.7 Å². The lowest BCUT2D eigenvalue weighted by molar-refractivity contribution is -0.121. The smallest absolute Gasteiger partial charge is 0.220 e. The number of azide groups is 1. The lowest BCUT2D eigenvalue weighted by Crippen LogP contribution is -2.25. The van der Waals surface area contributed by atoms with Gasteiger partial charge in [0.25, 0.3) is 0 Å². The van der Waals surface area contributed by atoms with Gasteiger partial charge in [-0.25, -0.2) is 4.98 Å². The number of nitrogens with zero attached hydrogens (tertiary/aromatic N) is 4. The molecular formula is C36H43N7O2. The molecule has 3 aromatic carbocycles. The average Bonchev–Trinajstić information content (AvgIpc) is 3.64. The Hall–Kier alpha value is -4.75. The van der Waals surface area contributed by atoms with E-state index in [1.807, 2.05) is 6.20 Å². The van der Waals surface area contributed by atoms with Gasteiger partial charge in [0.2, 0.25) is 5.91 Å². The predicted molar refractivity (Wildman–Crippen MR) is 183 cm³/mol. The van der Waals surface area contributed by atoms with E-state index in [-0.39, 0.29) is 16.7 Å². The molecule has 0 bridgehead atoms. The first-order chi connectivity index (χ1) is 21.4. The Bertz CT molecular complexity index is 1830. The molecule has 1 amide bonds. The summed E-state index contributed by atoms with van der Waals surface area (Å²) in [4.78, 5) is 26.9. The maximum absolute atomic E-state index is 12.3. The van der Waals surface area contributed by atoms with Crippen LogP contribution in [0.3, 0.4) is 0 Å². The molecule has 9 heteroatoms. The fourth-order valence-electron chi connectivity index (χ4n) is 5.51. The van der Waals surface area contributed by atoms with Gasteiger partial charge < -0.3 is 20.0 Å². The first-order valence-corrected chi connectivity index (χ1v) is 15.6. The Labute approximate surface area is 264 Å². The second kappa shape index (κ2) is 13.1. The van der Waals surface area contributed by atoms with E-state index in [1.165, 1.54) is 5.39 Å². The molecule has 45 heavy (non-hydrogen) atoms. The van der Waals surface area contributed by atoms with Crippen molar-refractivity contribution in [2.24, 2.45) is 5.11 Å². The van der Waals surface area contributed by atoms with Crippen LogP contribution in [0, 0.1) is 0 Å². The Kier molecular flexibility index (Phi) is 9.21. The molecule has 0 aliphatic rings. The van der Waals surface area contributed by atoms with Gasteiger partial charge >= 0.3 is 0 Å². The van der Waals surface area contributed by atoms with E-state index in [9.17, 15) is 4.79 Å². The highest BCUT2D eigenvalue weighted by Gasteiger charge is 2.29. The van der Waals surface area contributed by atoms with E-state index in [1.54, 1.807) is 0 Å². The van der Waals surface area contributed by atoms with Gasteiger partial charge in [-0.05, 0) is 88.2 Å². The van der Waals surface area contributed by atoms with Crippen molar-refractivity contribution in [3.63, 3.8) is 0 Å². The van der Waals surface area contributed by atoms with Gasteiger partial charge in [-0.2, -0.15) is 0 Å². The van der Waals surface area contributed by atoms with Crippen molar-refractivity contribution < 1.29 is 9.53 Å². The Morgan fingerprint density at radius 2 is 1.62 bits per heavy atom. The van der Waals surface area contributed by atoms with Gasteiger partial charge in [-0.15, -0.1) is 0 Å². The zero-order valence-electron chi connectivity index (χ0n) is 27.1. The molecule has 2 heterocycles. The molecule has 0 unspecified atom stereocenters. The van der Waals surface area contributed by atoms with Gasteiger partial charge in [-0.3, -0.25) is 4.79 Å². The summed E-state index contributed by atoms with van der Waals surface area (Å²) in [6.45, 7) is 14.5. The third-order valence-electron chi connectivity index (χ3n) is 7.96. The van der Waals surface area contributed by atoms with Crippen molar-refractivity contribution in [1.29, 1.82) is 0 Å². The monoisotopic (exact) mass is 605 g/mol. The molecule has 0 radical (unpaired) electrons. The molecule has 0 aliphatic heterocycles. The fraction of sp³-hybridized carbons (Fsp3) is 0.389. The minimum Gasteiger partial charge on any atom is -0.493 e. The van der Waals surface area contributed by atoms with Crippen LogP contribution in [-0.4, -0.2) is 40.6 Å². The number of imidazole rings is 1.